The SMILES string of the molecule is CCC(C)Cn1nc(C)c(CNCC(C)C)c1C. The summed E-state index contributed by atoms with van der Waals surface area (Å²) in [6, 6.07) is 0. The fraction of sp³-hybridized carbons (Fsp3) is 0.800. The van der Waals surface area contributed by atoms with Crippen LogP contribution in [-0.2, 0) is 13.1 Å². The molecule has 1 atom stereocenters. The van der Waals surface area contributed by atoms with Crippen molar-refractivity contribution in [3.8, 4) is 0 Å². The summed E-state index contributed by atoms with van der Waals surface area (Å²) in [4.78, 5) is 0. The largest absolute Gasteiger partial charge is 0.312 e. The van der Waals surface area contributed by atoms with Gasteiger partial charge in [0, 0.05) is 24.3 Å². The average Bonchev–Trinajstić information content (AvgIpc) is 2.56. The van der Waals surface area contributed by atoms with Crippen LogP contribution in [0.15, 0.2) is 0 Å². The Morgan fingerprint density at radius 2 is 1.89 bits per heavy atom. The van der Waals surface area contributed by atoms with Gasteiger partial charge in [0.25, 0.3) is 0 Å². The molecule has 0 saturated carbocycles. The van der Waals surface area contributed by atoms with Gasteiger partial charge in [-0.25, -0.2) is 0 Å². The number of nitrogens with zero attached hydrogens (tertiary/aromatic N) is 2. The van der Waals surface area contributed by atoms with Crippen molar-refractivity contribution in [3.05, 3.63) is 17.0 Å². The highest BCUT2D eigenvalue weighted by Gasteiger charge is 2.12. The van der Waals surface area contributed by atoms with Crippen molar-refractivity contribution in [2.24, 2.45) is 11.8 Å². The Balaban J connectivity index is 2.68. The highest BCUT2D eigenvalue weighted by atomic mass is 15.3. The van der Waals surface area contributed by atoms with Crippen LogP contribution >= 0.6 is 0 Å². The Morgan fingerprint density at radius 1 is 1.22 bits per heavy atom. The molecule has 1 heterocycles. The second-order valence-electron chi connectivity index (χ2n) is 5.87. The van der Waals surface area contributed by atoms with Crippen molar-refractivity contribution in [1.29, 1.82) is 0 Å². The third-order valence-electron chi connectivity index (χ3n) is 3.57. The van der Waals surface area contributed by atoms with Crippen LogP contribution in [0, 0.1) is 25.7 Å². The Bertz CT molecular complexity index is 366. The summed E-state index contributed by atoms with van der Waals surface area (Å²) < 4.78 is 2.18. The number of aryl methyl sites for hydroxylation is 1. The Labute approximate surface area is 112 Å². The minimum atomic E-state index is 0.694. The first-order valence-electron chi connectivity index (χ1n) is 7.19. The van der Waals surface area contributed by atoms with Gasteiger partial charge >= 0.3 is 0 Å². The summed E-state index contributed by atoms with van der Waals surface area (Å²) >= 11 is 0. The monoisotopic (exact) mass is 251 g/mol. The van der Waals surface area contributed by atoms with Crippen LogP contribution < -0.4 is 5.32 Å². The maximum absolute atomic E-state index is 4.67. The molecule has 1 rings (SSSR count). The molecule has 0 aliphatic heterocycles. The number of hydrogen-bond acceptors (Lipinski definition) is 2. The first-order chi connectivity index (χ1) is 8.45. The second-order valence-corrected chi connectivity index (χ2v) is 5.87. The van der Waals surface area contributed by atoms with E-state index in [1.54, 1.807) is 0 Å². The molecule has 1 unspecified atom stereocenters. The number of hydrogen-bond donors (Lipinski definition) is 1. The Kier molecular flexibility index (Phi) is 5.86. The van der Waals surface area contributed by atoms with Gasteiger partial charge in [0.05, 0.1) is 5.69 Å². The van der Waals surface area contributed by atoms with Gasteiger partial charge in [0.1, 0.15) is 0 Å². The Hall–Kier alpha value is -0.830. The zero-order valence-electron chi connectivity index (χ0n) is 12.9. The van der Waals surface area contributed by atoms with Gasteiger partial charge < -0.3 is 5.32 Å². The van der Waals surface area contributed by atoms with Gasteiger partial charge in [-0.1, -0.05) is 34.1 Å². The maximum Gasteiger partial charge on any atom is 0.0641 e. The zero-order chi connectivity index (χ0) is 13.7. The smallest absolute Gasteiger partial charge is 0.0641 e. The van der Waals surface area contributed by atoms with Gasteiger partial charge in [0.15, 0.2) is 0 Å². The van der Waals surface area contributed by atoms with E-state index in [2.05, 4.69) is 56.6 Å². The summed E-state index contributed by atoms with van der Waals surface area (Å²) in [6.45, 7) is 16.3. The first-order valence-corrected chi connectivity index (χ1v) is 7.19. The molecule has 0 aliphatic carbocycles. The lowest BCUT2D eigenvalue weighted by atomic mass is 10.1. The standard InChI is InChI=1S/C15H29N3/c1-7-12(4)10-18-14(6)15(13(5)17-18)9-16-8-11(2)3/h11-12,16H,7-10H2,1-6H3. The molecule has 3 heteroatoms. The Morgan fingerprint density at radius 3 is 2.44 bits per heavy atom. The molecule has 104 valence electrons. The molecule has 0 aliphatic rings. The van der Waals surface area contributed by atoms with Crippen molar-refractivity contribution in [1.82, 2.24) is 15.1 Å². The normalized spacial score (nSPS) is 13.3. The lowest BCUT2D eigenvalue weighted by Crippen LogP contribution is -2.19. The molecule has 0 amide bonds. The summed E-state index contributed by atoms with van der Waals surface area (Å²) in [5, 5.41) is 8.18. The third-order valence-corrected chi connectivity index (χ3v) is 3.57. The molecule has 0 radical (unpaired) electrons. The van der Waals surface area contributed by atoms with E-state index in [4.69, 9.17) is 0 Å². The van der Waals surface area contributed by atoms with Crippen LogP contribution in [0.4, 0.5) is 0 Å². The molecule has 0 aromatic carbocycles. The molecule has 18 heavy (non-hydrogen) atoms. The van der Waals surface area contributed by atoms with E-state index in [0.29, 0.717) is 11.8 Å². The van der Waals surface area contributed by atoms with Gasteiger partial charge in [0.2, 0.25) is 0 Å². The minimum Gasteiger partial charge on any atom is -0.312 e. The predicted molar refractivity (Wildman–Crippen MR) is 77.7 cm³/mol. The third kappa shape index (κ3) is 4.13. The van der Waals surface area contributed by atoms with Gasteiger partial charge in [-0.2, -0.15) is 5.10 Å². The molecule has 0 spiro atoms. The van der Waals surface area contributed by atoms with E-state index in [1.807, 2.05) is 0 Å². The van der Waals surface area contributed by atoms with Crippen LogP contribution in [-0.4, -0.2) is 16.3 Å². The number of rotatable bonds is 7. The van der Waals surface area contributed by atoms with Crippen molar-refractivity contribution >= 4 is 0 Å². The van der Waals surface area contributed by atoms with Crippen molar-refractivity contribution in [2.75, 3.05) is 6.54 Å². The highest BCUT2D eigenvalue weighted by molar-refractivity contribution is 5.24. The topological polar surface area (TPSA) is 29.9 Å². The number of aromatic nitrogens is 2. The van der Waals surface area contributed by atoms with Crippen LogP contribution in [0.1, 0.15) is 51.1 Å². The molecule has 1 aromatic heterocycles. The van der Waals surface area contributed by atoms with Crippen LogP contribution in [0.5, 0.6) is 0 Å². The van der Waals surface area contributed by atoms with E-state index in [9.17, 15) is 0 Å². The van der Waals surface area contributed by atoms with Crippen LogP contribution in [0.25, 0.3) is 0 Å². The highest BCUT2D eigenvalue weighted by Crippen LogP contribution is 2.15. The van der Waals surface area contributed by atoms with Crippen molar-refractivity contribution in [3.63, 3.8) is 0 Å². The average molecular weight is 251 g/mol. The fourth-order valence-electron chi connectivity index (χ4n) is 2.08. The second kappa shape index (κ2) is 6.93. The van der Waals surface area contributed by atoms with E-state index in [0.717, 1.165) is 19.6 Å². The molecule has 0 fully saturated rings. The zero-order valence-corrected chi connectivity index (χ0v) is 12.9. The summed E-state index contributed by atoms with van der Waals surface area (Å²) in [7, 11) is 0. The van der Waals surface area contributed by atoms with Gasteiger partial charge in [-0.15, -0.1) is 0 Å². The summed E-state index contributed by atoms with van der Waals surface area (Å²) in [6.07, 6.45) is 1.21. The van der Waals surface area contributed by atoms with Crippen LogP contribution in [0.2, 0.25) is 0 Å². The molecule has 1 N–H and O–H groups in total. The molecule has 1 aromatic rings. The van der Waals surface area contributed by atoms with E-state index < -0.39 is 0 Å². The molecular formula is C15H29N3. The molecule has 3 nitrogen and oxygen atoms in total. The predicted octanol–water partition coefficient (Wildman–Crippen LogP) is 3.29. The molecule has 0 bridgehead atoms. The minimum absolute atomic E-state index is 0.694. The lowest BCUT2D eigenvalue weighted by Gasteiger charge is -2.11. The lowest BCUT2D eigenvalue weighted by molar-refractivity contribution is 0.431. The van der Waals surface area contributed by atoms with Crippen molar-refractivity contribution in [2.45, 2.75) is 61.1 Å². The first kappa shape index (κ1) is 15.2. The van der Waals surface area contributed by atoms with Crippen molar-refractivity contribution < 1.29 is 0 Å². The van der Waals surface area contributed by atoms with E-state index >= 15 is 0 Å². The van der Waals surface area contributed by atoms with E-state index in [-0.39, 0.29) is 0 Å². The van der Waals surface area contributed by atoms with Crippen LogP contribution in [0.3, 0.4) is 0 Å². The van der Waals surface area contributed by atoms with E-state index in [1.165, 1.54) is 23.4 Å². The molecular weight excluding hydrogens is 222 g/mol. The summed E-state index contributed by atoms with van der Waals surface area (Å²) in [5.74, 6) is 1.39. The summed E-state index contributed by atoms with van der Waals surface area (Å²) in [5.41, 5.74) is 3.87. The molecule has 0 saturated heterocycles. The van der Waals surface area contributed by atoms with Gasteiger partial charge in [-0.05, 0) is 32.2 Å². The fourth-order valence-corrected chi connectivity index (χ4v) is 2.08. The maximum atomic E-state index is 4.67. The number of nitrogens with one attached hydrogen (secondary N) is 1. The van der Waals surface area contributed by atoms with Gasteiger partial charge in [-0.3, -0.25) is 4.68 Å². The quantitative estimate of drug-likeness (QED) is 0.806.